The Bertz CT molecular complexity index is 1370. The van der Waals surface area contributed by atoms with Gasteiger partial charge in [-0.1, -0.05) is 0 Å². The van der Waals surface area contributed by atoms with Crippen LogP contribution in [0.1, 0.15) is 55.5 Å². The van der Waals surface area contributed by atoms with Gasteiger partial charge in [-0.25, -0.2) is 9.78 Å². The minimum absolute atomic E-state index is 0.0613. The van der Waals surface area contributed by atoms with E-state index in [0.717, 1.165) is 36.1 Å². The predicted octanol–water partition coefficient (Wildman–Crippen LogP) is 4.01. The molecule has 2 fully saturated rings. The van der Waals surface area contributed by atoms with Gasteiger partial charge in [0.25, 0.3) is 11.8 Å². The number of alkyl halides is 2. The van der Waals surface area contributed by atoms with Crippen LogP contribution in [0.2, 0.25) is 0 Å². The van der Waals surface area contributed by atoms with Crippen LogP contribution in [-0.4, -0.2) is 82.6 Å². The number of nitrogens with zero attached hydrogens (tertiary/aromatic N) is 5. The molecule has 1 saturated heterocycles. The number of rotatable bonds is 5. The van der Waals surface area contributed by atoms with Crippen molar-refractivity contribution in [3.63, 3.8) is 0 Å². The van der Waals surface area contributed by atoms with E-state index in [1.807, 2.05) is 6.92 Å². The van der Waals surface area contributed by atoms with Crippen LogP contribution in [0.25, 0.3) is 0 Å². The standard InChI is InChI=1S/C28H35F2N7O4/c1-16(2)37-15-28(29,30)24(39)35(4)21-14-31-25(34-22(21)37)33-20-6-5-18(11-17(20)3)23(38)32-19-12-27(13-19)7-9-36(10-8-27)26(40)41/h5-6,11,14,16,19H,7-10,12-13,15H2,1-4H3,(H,32,38)(H,40,41)(H,31,33,34). The number of piperidine rings is 1. The first-order valence-electron chi connectivity index (χ1n) is 13.7. The highest BCUT2D eigenvalue weighted by atomic mass is 19.3. The van der Waals surface area contributed by atoms with Gasteiger partial charge in [-0.05, 0) is 75.6 Å². The van der Waals surface area contributed by atoms with E-state index in [9.17, 15) is 23.2 Å². The van der Waals surface area contributed by atoms with Gasteiger partial charge in [-0.3, -0.25) is 9.59 Å². The molecule has 0 unspecified atom stereocenters. The van der Waals surface area contributed by atoms with Gasteiger partial charge in [0.15, 0.2) is 5.82 Å². The molecule has 3 N–H and O–H groups in total. The summed E-state index contributed by atoms with van der Waals surface area (Å²) in [7, 11) is 1.29. The molecule has 1 spiro atoms. The number of fused-ring (bicyclic) bond motifs is 1. The molecule has 1 aliphatic carbocycles. The number of anilines is 4. The third-order valence-corrected chi connectivity index (χ3v) is 8.52. The molecule has 2 aliphatic heterocycles. The summed E-state index contributed by atoms with van der Waals surface area (Å²) in [5.74, 6) is -4.65. The molecule has 5 rings (SSSR count). The Morgan fingerprint density at radius 1 is 1.17 bits per heavy atom. The maximum Gasteiger partial charge on any atom is 0.407 e. The molecular formula is C28H35F2N7O4. The van der Waals surface area contributed by atoms with E-state index in [2.05, 4.69) is 20.6 Å². The largest absolute Gasteiger partial charge is 0.465 e. The summed E-state index contributed by atoms with van der Waals surface area (Å²) in [6.45, 7) is 5.63. The average Bonchev–Trinajstić information content (AvgIpc) is 2.97. The maximum atomic E-state index is 14.6. The van der Waals surface area contributed by atoms with Gasteiger partial charge in [0.1, 0.15) is 5.69 Å². The minimum atomic E-state index is -3.57. The molecule has 1 saturated carbocycles. The number of likely N-dealkylation sites (tertiary alicyclic amines) is 1. The molecule has 13 heteroatoms. The van der Waals surface area contributed by atoms with Crippen LogP contribution < -0.4 is 20.4 Å². The molecule has 2 aromatic rings. The van der Waals surface area contributed by atoms with E-state index >= 15 is 0 Å². The van der Waals surface area contributed by atoms with Crippen molar-refractivity contribution < 1.29 is 28.3 Å². The molecule has 0 radical (unpaired) electrons. The second-order valence-electron chi connectivity index (χ2n) is 11.7. The number of benzene rings is 1. The molecule has 3 heterocycles. The smallest absolute Gasteiger partial charge is 0.407 e. The normalized spacial score (nSPS) is 20.0. The van der Waals surface area contributed by atoms with E-state index in [4.69, 9.17) is 5.11 Å². The van der Waals surface area contributed by atoms with Crippen LogP contribution in [-0.2, 0) is 4.79 Å². The molecule has 3 amide bonds. The number of carboxylic acid groups (broad SMARTS) is 1. The summed E-state index contributed by atoms with van der Waals surface area (Å²) >= 11 is 0. The molecule has 1 aromatic heterocycles. The molecule has 41 heavy (non-hydrogen) atoms. The third-order valence-electron chi connectivity index (χ3n) is 8.52. The lowest BCUT2D eigenvalue weighted by Crippen LogP contribution is -2.55. The van der Waals surface area contributed by atoms with Crippen molar-refractivity contribution in [3.8, 4) is 0 Å². The lowest BCUT2D eigenvalue weighted by molar-refractivity contribution is -0.140. The number of nitrogens with one attached hydrogen (secondary N) is 2. The summed E-state index contributed by atoms with van der Waals surface area (Å²) < 4.78 is 29.2. The molecule has 3 aliphatic rings. The summed E-state index contributed by atoms with van der Waals surface area (Å²) in [6, 6.07) is 4.92. The van der Waals surface area contributed by atoms with Gasteiger partial charge in [0.2, 0.25) is 5.95 Å². The summed E-state index contributed by atoms with van der Waals surface area (Å²) in [5, 5.41) is 15.4. The molecule has 11 nitrogen and oxygen atoms in total. The number of halogens is 2. The Hall–Kier alpha value is -4.03. The van der Waals surface area contributed by atoms with Crippen LogP contribution in [0.4, 0.5) is 36.7 Å². The number of aromatic nitrogens is 2. The topological polar surface area (TPSA) is 131 Å². The van der Waals surface area contributed by atoms with Crippen molar-refractivity contribution in [1.29, 1.82) is 0 Å². The number of amides is 3. The van der Waals surface area contributed by atoms with Crippen LogP contribution in [0.15, 0.2) is 24.4 Å². The monoisotopic (exact) mass is 571 g/mol. The SMILES string of the molecule is Cc1cc(C(=O)NC2CC3(CCN(C(=O)O)CC3)C2)ccc1Nc1ncc2c(n1)N(C(C)C)CC(F)(F)C(=O)N2C. The zero-order valence-corrected chi connectivity index (χ0v) is 23.6. The first kappa shape index (κ1) is 28.5. The number of carbonyl (C=O) groups excluding carboxylic acids is 2. The van der Waals surface area contributed by atoms with Gasteiger partial charge in [-0.15, -0.1) is 0 Å². The van der Waals surface area contributed by atoms with E-state index in [1.54, 1.807) is 32.0 Å². The quantitative estimate of drug-likeness (QED) is 0.491. The number of carbonyl (C=O) groups is 3. The predicted molar refractivity (Wildman–Crippen MR) is 149 cm³/mol. The minimum Gasteiger partial charge on any atom is -0.465 e. The summed E-state index contributed by atoms with van der Waals surface area (Å²) in [6.07, 6.45) is 3.81. The fourth-order valence-corrected chi connectivity index (χ4v) is 6.02. The molecule has 1 aromatic carbocycles. The fraction of sp³-hybridized carbons (Fsp3) is 0.536. The zero-order chi connectivity index (χ0) is 29.7. The lowest BCUT2D eigenvalue weighted by Gasteiger charge is -2.51. The van der Waals surface area contributed by atoms with Crippen LogP contribution >= 0.6 is 0 Å². The Labute approximate surface area is 236 Å². The van der Waals surface area contributed by atoms with Crippen molar-refractivity contribution in [3.05, 3.63) is 35.5 Å². The second kappa shape index (κ2) is 10.4. The first-order valence-corrected chi connectivity index (χ1v) is 13.7. The second-order valence-corrected chi connectivity index (χ2v) is 11.7. The fourth-order valence-electron chi connectivity index (χ4n) is 6.02. The zero-order valence-electron chi connectivity index (χ0n) is 23.6. The molecule has 220 valence electrons. The van der Waals surface area contributed by atoms with E-state index in [1.165, 1.54) is 23.0 Å². The van der Waals surface area contributed by atoms with Crippen LogP contribution in [0, 0.1) is 12.3 Å². The highest BCUT2D eigenvalue weighted by Crippen LogP contribution is 2.49. The Morgan fingerprint density at radius 2 is 1.85 bits per heavy atom. The van der Waals surface area contributed by atoms with E-state index in [-0.39, 0.29) is 40.9 Å². The van der Waals surface area contributed by atoms with Crippen molar-refractivity contribution in [2.24, 2.45) is 5.41 Å². The van der Waals surface area contributed by atoms with Crippen LogP contribution in [0.3, 0.4) is 0 Å². The molecular weight excluding hydrogens is 536 g/mol. The first-order chi connectivity index (χ1) is 19.3. The van der Waals surface area contributed by atoms with Crippen molar-refractivity contribution in [2.45, 2.75) is 64.5 Å². The Morgan fingerprint density at radius 3 is 2.46 bits per heavy atom. The average molecular weight is 572 g/mol. The van der Waals surface area contributed by atoms with Gasteiger partial charge >= 0.3 is 12.0 Å². The third kappa shape index (κ3) is 5.49. The highest BCUT2D eigenvalue weighted by Gasteiger charge is 2.48. The van der Waals surface area contributed by atoms with Crippen LogP contribution in [0.5, 0.6) is 0 Å². The van der Waals surface area contributed by atoms with Gasteiger partial charge < -0.3 is 30.4 Å². The maximum absolute atomic E-state index is 14.6. The van der Waals surface area contributed by atoms with Gasteiger partial charge in [0, 0.05) is 43.5 Å². The molecule has 0 bridgehead atoms. The highest BCUT2D eigenvalue weighted by molar-refractivity contribution is 6.02. The van der Waals surface area contributed by atoms with Crippen molar-refractivity contribution in [1.82, 2.24) is 20.2 Å². The van der Waals surface area contributed by atoms with Gasteiger partial charge in [0.05, 0.1) is 12.7 Å². The number of aryl methyl sites for hydroxylation is 1. The Kier molecular flexibility index (Phi) is 7.24. The van der Waals surface area contributed by atoms with E-state index in [0.29, 0.717) is 24.3 Å². The van der Waals surface area contributed by atoms with Gasteiger partial charge in [-0.2, -0.15) is 13.8 Å². The van der Waals surface area contributed by atoms with Crippen molar-refractivity contribution >= 4 is 41.0 Å². The summed E-state index contributed by atoms with van der Waals surface area (Å²) in [4.78, 5) is 48.9. The van der Waals surface area contributed by atoms with E-state index < -0.39 is 24.5 Å². The number of hydrogen-bond acceptors (Lipinski definition) is 7. The lowest BCUT2D eigenvalue weighted by atomic mass is 9.60. The molecule has 0 atom stereocenters. The Balaban J connectivity index is 1.25. The number of hydrogen-bond donors (Lipinski definition) is 3. The van der Waals surface area contributed by atoms with Crippen molar-refractivity contribution in [2.75, 3.05) is 41.8 Å². The summed E-state index contributed by atoms with van der Waals surface area (Å²) in [5.41, 5.74) is 2.23.